The van der Waals surface area contributed by atoms with Crippen molar-refractivity contribution in [1.29, 1.82) is 0 Å². The second kappa shape index (κ2) is 10.2. The number of carbonyl (C=O) groups is 1. The van der Waals surface area contributed by atoms with Crippen molar-refractivity contribution in [1.82, 2.24) is 25.0 Å². The van der Waals surface area contributed by atoms with Gasteiger partial charge in [-0.3, -0.25) is 14.2 Å². The molecule has 2 aromatic heterocycles. The van der Waals surface area contributed by atoms with Gasteiger partial charge in [0.15, 0.2) is 11.0 Å². The lowest BCUT2D eigenvalue weighted by molar-refractivity contribution is 0.0949. The molecule has 0 aliphatic heterocycles. The third-order valence-electron chi connectivity index (χ3n) is 5.99. The van der Waals surface area contributed by atoms with Gasteiger partial charge in [-0.15, -0.1) is 0 Å². The molecule has 0 spiro atoms. The molecule has 0 saturated heterocycles. The van der Waals surface area contributed by atoms with Crippen molar-refractivity contribution in [2.45, 2.75) is 55.6 Å². The number of para-hydroxylation sites is 1. The maximum atomic E-state index is 13.3. The van der Waals surface area contributed by atoms with Crippen molar-refractivity contribution in [3.05, 3.63) is 82.2 Å². The van der Waals surface area contributed by atoms with Crippen LogP contribution in [-0.2, 0) is 12.3 Å². The molecule has 1 saturated carbocycles. The van der Waals surface area contributed by atoms with E-state index in [1.54, 1.807) is 12.1 Å². The maximum Gasteiger partial charge on any atom is 0.262 e. The Labute approximate surface area is 200 Å². The van der Waals surface area contributed by atoms with Crippen LogP contribution < -0.4 is 10.9 Å². The first-order chi connectivity index (χ1) is 16.7. The number of benzene rings is 2. The van der Waals surface area contributed by atoms with Gasteiger partial charge >= 0.3 is 0 Å². The highest BCUT2D eigenvalue weighted by Gasteiger charge is 2.22. The van der Waals surface area contributed by atoms with Gasteiger partial charge in [-0.2, -0.15) is 4.98 Å². The van der Waals surface area contributed by atoms with Crippen LogP contribution in [0.5, 0.6) is 0 Å². The molecule has 1 amide bonds. The summed E-state index contributed by atoms with van der Waals surface area (Å²) in [4.78, 5) is 34.8. The number of hydrogen-bond acceptors (Lipinski definition) is 7. The Morgan fingerprint density at radius 2 is 1.79 bits per heavy atom. The van der Waals surface area contributed by atoms with E-state index in [9.17, 15) is 9.59 Å². The van der Waals surface area contributed by atoms with Gasteiger partial charge in [0.2, 0.25) is 5.89 Å². The molecule has 8 nitrogen and oxygen atoms in total. The molecule has 0 radical (unpaired) electrons. The Balaban J connectivity index is 1.31. The highest BCUT2D eigenvalue weighted by atomic mass is 32.2. The zero-order valence-electron chi connectivity index (χ0n) is 18.6. The molecule has 2 aromatic carbocycles. The maximum absolute atomic E-state index is 13.3. The molecule has 1 fully saturated rings. The van der Waals surface area contributed by atoms with Crippen molar-refractivity contribution in [3.8, 4) is 0 Å². The van der Waals surface area contributed by atoms with Crippen LogP contribution in [0.25, 0.3) is 10.9 Å². The molecular formula is C25H25N5O3S. The Bertz CT molecular complexity index is 1350. The van der Waals surface area contributed by atoms with E-state index in [4.69, 9.17) is 9.51 Å². The Morgan fingerprint density at radius 1 is 1.03 bits per heavy atom. The molecular weight excluding hydrogens is 450 g/mol. The molecule has 34 heavy (non-hydrogen) atoms. The van der Waals surface area contributed by atoms with E-state index in [0.29, 0.717) is 39.1 Å². The van der Waals surface area contributed by atoms with Crippen LogP contribution in [0.3, 0.4) is 0 Å². The topological polar surface area (TPSA) is 103 Å². The van der Waals surface area contributed by atoms with Crippen LogP contribution in [0, 0.1) is 0 Å². The third kappa shape index (κ3) is 4.89. The minimum absolute atomic E-state index is 0.00911. The van der Waals surface area contributed by atoms with Gasteiger partial charge in [-0.05, 0) is 37.1 Å². The Hall–Kier alpha value is -3.46. The normalized spacial score (nSPS) is 14.4. The number of rotatable bonds is 7. The van der Waals surface area contributed by atoms with E-state index in [0.717, 1.165) is 25.7 Å². The van der Waals surface area contributed by atoms with Gasteiger partial charge in [0.25, 0.3) is 11.5 Å². The summed E-state index contributed by atoms with van der Waals surface area (Å²) in [7, 11) is 0. The fraction of sp³-hybridized carbons (Fsp3) is 0.320. The first-order valence-electron chi connectivity index (χ1n) is 11.5. The lowest BCUT2D eigenvalue weighted by Crippen LogP contribution is -2.29. The van der Waals surface area contributed by atoms with Crippen molar-refractivity contribution >= 4 is 28.6 Å². The number of fused-ring (bicyclic) bond motifs is 1. The largest absolute Gasteiger partial charge is 0.345 e. The van der Waals surface area contributed by atoms with E-state index >= 15 is 0 Å². The predicted octanol–water partition coefficient (Wildman–Crippen LogP) is 4.51. The number of amides is 1. The van der Waals surface area contributed by atoms with Crippen LogP contribution >= 0.6 is 11.8 Å². The average Bonchev–Trinajstić information content (AvgIpc) is 3.35. The van der Waals surface area contributed by atoms with Gasteiger partial charge in [0, 0.05) is 11.6 Å². The second-order valence-electron chi connectivity index (χ2n) is 8.32. The summed E-state index contributed by atoms with van der Waals surface area (Å²) in [5, 5.41) is 8.08. The predicted molar refractivity (Wildman–Crippen MR) is 130 cm³/mol. The molecule has 1 aliphatic rings. The fourth-order valence-electron chi connectivity index (χ4n) is 4.29. The zero-order valence-corrected chi connectivity index (χ0v) is 19.5. The molecule has 0 bridgehead atoms. The first-order valence-corrected chi connectivity index (χ1v) is 12.5. The smallest absolute Gasteiger partial charge is 0.262 e. The summed E-state index contributed by atoms with van der Waals surface area (Å²) in [6, 6.07) is 16.6. The average molecular weight is 476 g/mol. The monoisotopic (exact) mass is 475 g/mol. The summed E-state index contributed by atoms with van der Waals surface area (Å²) in [6.07, 6.45) is 5.42. The third-order valence-corrected chi connectivity index (χ3v) is 6.93. The summed E-state index contributed by atoms with van der Waals surface area (Å²) >= 11 is 1.43. The molecule has 2 heterocycles. The second-order valence-corrected chi connectivity index (χ2v) is 9.26. The minimum Gasteiger partial charge on any atom is -0.345 e. The van der Waals surface area contributed by atoms with Crippen molar-refractivity contribution in [3.63, 3.8) is 0 Å². The molecule has 1 aliphatic carbocycles. The lowest BCUT2D eigenvalue weighted by Gasteiger charge is -2.26. The Morgan fingerprint density at radius 3 is 2.62 bits per heavy atom. The van der Waals surface area contributed by atoms with E-state index in [1.165, 1.54) is 18.2 Å². The molecule has 5 rings (SSSR count). The molecule has 4 aromatic rings. The van der Waals surface area contributed by atoms with E-state index in [-0.39, 0.29) is 24.1 Å². The van der Waals surface area contributed by atoms with E-state index < -0.39 is 0 Å². The van der Waals surface area contributed by atoms with Crippen LogP contribution in [0.1, 0.15) is 60.2 Å². The molecule has 1 N–H and O–H groups in total. The number of hydrogen-bond donors (Lipinski definition) is 1. The summed E-state index contributed by atoms with van der Waals surface area (Å²) in [5.41, 5.74) is 1.27. The van der Waals surface area contributed by atoms with E-state index in [2.05, 4.69) is 15.5 Å². The van der Waals surface area contributed by atoms with Gasteiger partial charge in [-0.25, -0.2) is 4.98 Å². The van der Waals surface area contributed by atoms with Crippen LogP contribution in [0.2, 0.25) is 0 Å². The highest BCUT2D eigenvalue weighted by Crippen LogP contribution is 2.31. The molecule has 9 heteroatoms. The van der Waals surface area contributed by atoms with E-state index in [1.807, 2.05) is 47.0 Å². The number of nitrogens with one attached hydrogen (secondary N) is 1. The minimum atomic E-state index is -0.196. The van der Waals surface area contributed by atoms with Gasteiger partial charge in [-0.1, -0.05) is 66.5 Å². The fourth-order valence-corrected chi connectivity index (χ4v) is 5.19. The number of carbonyl (C=O) groups excluding carboxylic acids is 1. The van der Waals surface area contributed by atoms with Crippen LogP contribution in [0.15, 0.2) is 69.1 Å². The first kappa shape index (κ1) is 22.3. The molecule has 0 unspecified atom stereocenters. The quantitative estimate of drug-likeness (QED) is 0.310. The summed E-state index contributed by atoms with van der Waals surface area (Å²) < 4.78 is 7.24. The number of aromatic nitrogens is 4. The standard InChI is InChI=1S/C25H25N5O3S/c31-23(17-9-3-1-4-10-17)26-15-21-28-22(33-29-21)16-34-25-27-20-14-8-7-13-19(20)24(32)30(25)18-11-5-2-6-12-18/h1,3-4,7-10,13-14,18H,2,5-6,11-12,15-16H2,(H,26,31). The number of nitrogens with zero attached hydrogens (tertiary/aromatic N) is 4. The molecule has 0 atom stereocenters. The SMILES string of the molecule is O=C(NCc1noc(CSc2nc3ccccc3c(=O)n2C2CCCCC2)n1)c1ccccc1. The van der Waals surface area contributed by atoms with Crippen LogP contribution in [-0.4, -0.2) is 25.6 Å². The van der Waals surface area contributed by atoms with Crippen molar-refractivity contribution in [2.75, 3.05) is 0 Å². The Kier molecular flexibility index (Phi) is 6.71. The highest BCUT2D eigenvalue weighted by molar-refractivity contribution is 7.98. The summed E-state index contributed by atoms with van der Waals surface area (Å²) in [5.74, 6) is 1.01. The van der Waals surface area contributed by atoms with Crippen molar-refractivity contribution < 1.29 is 9.32 Å². The zero-order chi connectivity index (χ0) is 23.3. The van der Waals surface area contributed by atoms with Crippen molar-refractivity contribution in [2.24, 2.45) is 0 Å². The van der Waals surface area contributed by atoms with Gasteiger partial charge in [0.1, 0.15) is 0 Å². The summed E-state index contributed by atoms with van der Waals surface area (Å²) in [6.45, 7) is 0.170. The molecule has 174 valence electrons. The van der Waals surface area contributed by atoms with Crippen LogP contribution in [0.4, 0.5) is 0 Å². The lowest BCUT2D eigenvalue weighted by atomic mass is 9.95. The van der Waals surface area contributed by atoms with Gasteiger partial charge < -0.3 is 9.84 Å². The van der Waals surface area contributed by atoms with Gasteiger partial charge in [0.05, 0.1) is 23.2 Å². The number of thioether (sulfide) groups is 1.